The highest BCUT2D eigenvalue weighted by atomic mass is 16.5. The topological polar surface area (TPSA) is 126 Å². The summed E-state index contributed by atoms with van der Waals surface area (Å²) in [6, 6.07) is 0. The lowest BCUT2D eigenvalue weighted by Crippen LogP contribution is -2.50. The molecular formula is C12H19N5O3. The van der Waals surface area contributed by atoms with E-state index in [0.29, 0.717) is 37.4 Å². The van der Waals surface area contributed by atoms with Crippen LogP contribution in [0.5, 0.6) is 0 Å². The van der Waals surface area contributed by atoms with E-state index >= 15 is 0 Å². The van der Waals surface area contributed by atoms with E-state index in [4.69, 9.17) is 15.7 Å². The van der Waals surface area contributed by atoms with Crippen LogP contribution in [0.1, 0.15) is 24.2 Å². The first kappa shape index (κ1) is 14.3. The molecule has 8 heteroatoms. The second-order valence-electron chi connectivity index (χ2n) is 4.94. The fourth-order valence-electron chi connectivity index (χ4n) is 2.38. The first-order valence-corrected chi connectivity index (χ1v) is 6.40. The minimum Gasteiger partial charge on any atom is -0.409 e. The number of ether oxygens (including phenoxy) is 1. The number of nitrogens with one attached hydrogen (secondary N) is 2. The molecule has 0 spiro atoms. The van der Waals surface area contributed by atoms with Crippen molar-refractivity contribution in [3.8, 4) is 0 Å². The lowest BCUT2D eigenvalue weighted by molar-refractivity contribution is -0.126. The zero-order valence-electron chi connectivity index (χ0n) is 11.6. The van der Waals surface area contributed by atoms with Crippen molar-refractivity contribution in [1.82, 2.24) is 10.2 Å². The van der Waals surface area contributed by atoms with Crippen LogP contribution >= 0.6 is 0 Å². The molecule has 0 atom stereocenters. The molecule has 1 aliphatic rings. The molecule has 1 amide bonds. The summed E-state index contributed by atoms with van der Waals surface area (Å²) in [4.78, 5) is 12.6. The van der Waals surface area contributed by atoms with Crippen molar-refractivity contribution in [2.45, 2.75) is 26.7 Å². The van der Waals surface area contributed by atoms with Crippen LogP contribution < -0.4 is 11.1 Å². The van der Waals surface area contributed by atoms with E-state index in [0.717, 1.165) is 5.69 Å². The van der Waals surface area contributed by atoms with Crippen LogP contribution in [-0.2, 0) is 9.53 Å². The third kappa shape index (κ3) is 2.34. The number of aromatic nitrogens is 2. The van der Waals surface area contributed by atoms with E-state index in [-0.39, 0.29) is 11.7 Å². The number of oxime groups is 1. The van der Waals surface area contributed by atoms with E-state index in [9.17, 15) is 4.79 Å². The number of hydrogen-bond donors (Lipinski definition) is 4. The molecule has 0 saturated carbocycles. The van der Waals surface area contributed by atoms with Gasteiger partial charge in [-0.15, -0.1) is 0 Å². The number of nitrogens with two attached hydrogens (primary N) is 1. The molecule has 0 aromatic carbocycles. The monoisotopic (exact) mass is 281 g/mol. The summed E-state index contributed by atoms with van der Waals surface area (Å²) < 4.78 is 5.26. The highest BCUT2D eigenvalue weighted by Gasteiger charge is 2.44. The van der Waals surface area contributed by atoms with Crippen LogP contribution in [0.4, 0.5) is 5.69 Å². The molecule has 1 saturated heterocycles. The molecule has 1 aliphatic heterocycles. The van der Waals surface area contributed by atoms with E-state index in [1.807, 2.05) is 6.92 Å². The molecule has 2 rings (SSSR count). The lowest BCUT2D eigenvalue weighted by Gasteiger charge is -2.34. The van der Waals surface area contributed by atoms with Gasteiger partial charge in [0, 0.05) is 13.2 Å². The SMILES string of the molecule is Cc1n[nH]c(C)c1NC(=O)C1(C(N)=NO)CCOCC1. The van der Waals surface area contributed by atoms with Crippen LogP contribution in [0.15, 0.2) is 5.16 Å². The summed E-state index contributed by atoms with van der Waals surface area (Å²) >= 11 is 0. The first-order chi connectivity index (χ1) is 9.51. The number of aromatic amines is 1. The maximum absolute atomic E-state index is 12.6. The van der Waals surface area contributed by atoms with Gasteiger partial charge in [0.2, 0.25) is 5.91 Å². The first-order valence-electron chi connectivity index (χ1n) is 6.40. The standard InChI is InChI=1S/C12H19N5O3/c1-7-9(8(2)16-15-7)14-11(18)12(10(13)17-19)3-5-20-6-4-12/h19H,3-6H2,1-2H3,(H2,13,17)(H,14,18)(H,15,16). The minimum atomic E-state index is -1.04. The number of amidine groups is 1. The summed E-state index contributed by atoms with van der Waals surface area (Å²) in [6.45, 7) is 4.40. The van der Waals surface area contributed by atoms with Gasteiger partial charge in [0.1, 0.15) is 5.41 Å². The molecule has 0 unspecified atom stereocenters. The number of carbonyl (C=O) groups excluding carboxylic acids is 1. The second kappa shape index (κ2) is 5.49. The number of nitrogens with zero attached hydrogens (tertiary/aromatic N) is 2. The average Bonchev–Trinajstić information content (AvgIpc) is 2.78. The summed E-state index contributed by atoms with van der Waals surface area (Å²) in [5.41, 5.74) is 6.80. The Morgan fingerprint density at radius 1 is 1.50 bits per heavy atom. The van der Waals surface area contributed by atoms with E-state index in [1.165, 1.54) is 0 Å². The van der Waals surface area contributed by atoms with Gasteiger partial charge in [-0.05, 0) is 26.7 Å². The summed E-state index contributed by atoms with van der Waals surface area (Å²) in [7, 11) is 0. The van der Waals surface area contributed by atoms with Gasteiger partial charge in [0.15, 0.2) is 5.84 Å². The Bertz CT molecular complexity index is 512. The third-order valence-electron chi connectivity index (χ3n) is 3.75. The molecule has 5 N–H and O–H groups in total. The van der Waals surface area contributed by atoms with Gasteiger partial charge in [-0.1, -0.05) is 5.16 Å². The molecule has 0 radical (unpaired) electrons. The maximum Gasteiger partial charge on any atom is 0.238 e. The molecule has 8 nitrogen and oxygen atoms in total. The smallest absolute Gasteiger partial charge is 0.238 e. The highest BCUT2D eigenvalue weighted by molar-refractivity contribution is 6.12. The van der Waals surface area contributed by atoms with Gasteiger partial charge < -0.3 is 21.0 Å². The van der Waals surface area contributed by atoms with Gasteiger partial charge in [0.05, 0.1) is 17.1 Å². The molecule has 1 fully saturated rings. The minimum absolute atomic E-state index is 0.0860. The molecule has 0 aliphatic carbocycles. The highest BCUT2D eigenvalue weighted by Crippen LogP contribution is 2.33. The van der Waals surface area contributed by atoms with Crippen LogP contribution in [0.2, 0.25) is 0 Å². The molecule has 2 heterocycles. The van der Waals surface area contributed by atoms with E-state index in [2.05, 4.69) is 20.7 Å². The number of rotatable bonds is 3. The normalized spacial score (nSPS) is 18.8. The molecule has 1 aromatic heterocycles. The van der Waals surface area contributed by atoms with Crippen molar-refractivity contribution in [3.63, 3.8) is 0 Å². The molecule has 20 heavy (non-hydrogen) atoms. The Kier molecular flexibility index (Phi) is 3.93. The lowest BCUT2D eigenvalue weighted by atomic mass is 9.78. The Labute approximate surface area is 116 Å². The predicted molar refractivity (Wildman–Crippen MR) is 72.6 cm³/mol. The van der Waals surface area contributed by atoms with Gasteiger partial charge >= 0.3 is 0 Å². The largest absolute Gasteiger partial charge is 0.409 e. The third-order valence-corrected chi connectivity index (χ3v) is 3.75. The quantitative estimate of drug-likeness (QED) is 0.278. The molecule has 0 bridgehead atoms. The molecule has 110 valence electrons. The Hall–Kier alpha value is -2.09. The zero-order chi connectivity index (χ0) is 14.8. The molecule has 1 aromatic rings. The fraction of sp³-hybridized carbons (Fsp3) is 0.583. The number of H-pyrrole nitrogens is 1. The number of anilines is 1. The van der Waals surface area contributed by atoms with Crippen molar-refractivity contribution in [2.75, 3.05) is 18.5 Å². The summed E-state index contributed by atoms with van der Waals surface area (Å²) in [6.07, 6.45) is 0.759. The van der Waals surface area contributed by atoms with Gasteiger partial charge in [0.25, 0.3) is 0 Å². The Balaban J connectivity index is 2.28. The number of hydrogen-bond acceptors (Lipinski definition) is 5. The number of aryl methyl sites for hydroxylation is 2. The maximum atomic E-state index is 12.6. The van der Waals surface area contributed by atoms with Gasteiger partial charge in [-0.3, -0.25) is 9.89 Å². The summed E-state index contributed by atoms with van der Waals surface area (Å²) in [5.74, 6) is -0.388. The van der Waals surface area contributed by atoms with Crippen LogP contribution in [0.3, 0.4) is 0 Å². The van der Waals surface area contributed by atoms with Crippen LogP contribution in [0, 0.1) is 19.3 Å². The van der Waals surface area contributed by atoms with E-state index in [1.54, 1.807) is 6.92 Å². The second-order valence-corrected chi connectivity index (χ2v) is 4.94. The van der Waals surface area contributed by atoms with Crippen molar-refractivity contribution >= 4 is 17.4 Å². The Morgan fingerprint density at radius 3 is 2.65 bits per heavy atom. The number of amides is 1. The van der Waals surface area contributed by atoms with Crippen LogP contribution in [-0.4, -0.2) is 40.4 Å². The molecular weight excluding hydrogens is 262 g/mol. The van der Waals surface area contributed by atoms with Crippen molar-refractivity contribution in [2.24, 2.45) is 16.3 Å². The summed E-state index contributed by atoms with van der Waals surface area (Å²) in [5, 5.41) is 21.6. The number of carbonyl (C=O) groups is 1. The van der Waals surface area contributed by atoms with E-state index < -0.39 is 5.41 Å². The van der Waals surface area contributed by atoms with Gasteiger partial charge in [-0.25, -0.2) is 0 Å². The predicted octanol–water partition coefficient (Wildman–Crippen LogP) is 0.508. The Morgan fingerprint density at radius 2 is 2.15 bits per heavy atom. The van der Waals surface area contributed by atoms with Crippen molar-refractivity contribution < 1.29 is 14.7 Å². The zero-order valence-corrected chi connectivity index (χ0v) is 11.6. The average molecular weight is 281 g/mol. The van der Waals surface area contributed by atoms with Crippen molar-refractivity contribution in [1.29, 1.82) is 0 Å². The van der Waals surface area contributed by atoms with Crippen LogP contribution in [0.25, 0.3) is 0 Å². The van der Waals surface area contributed by atoms with Crippen molar-refractivity contribution in [3.05, 3.63) is 11.4 Å². The fourth-order valence-corrected chi connectivity index (χ4v) is 2.38. The van der Waals surface area contributed by atoms with Gasteiger partial charge in [-0.2, -0.15) is 5.10 Å².